The van der Waals surface area contributed by atoms with Gasteiger partial charge in [-0.2, -0.15) is 0 Å². The molecule has 1 saturated heterocycles. The van der Waals surface area contributed by atoms with E-state index in [2.05, 4.69) is 24.3 Å². The standard InChI is InChI=1S/C20H24O4S/c1-21-15-7-5-13(11-17(15)23-3)19-9-10-20(25-19)14-6-8-16(22-2)18(12-14)24-4/h5-8,11-12,19-20H,9-10H2,1-4H3/t19-,20-/m0/s1. The highest BCUT2D eigenvalue weighted by Crippen LogP contribution is 2.54. The maximum atomic E-state index is 5.44. The molecule has 3 rings (SSSR count). The Labute approximate surface area is 153 Å². The summed E-state index contributed by atoms with van der Waals surface area (Å²) in [5.74, 6) is 3.11. The van der Waals surface area contributed by atoms with Gasteiger partial charge in [0.25, 0.3) is 0 Å². The molecule has 1 aliphatic rings. The fraction of sp³-hybridized carbons (Fsp3) is 0.400. The van der Waals surface area contributed by atoms with Crippen molar-refractivity contribution in [3.63, 3.8) is 0 Å². The van der Waals surface area contributed by atoms with E-state index < -0.39 is 0 Å². The molecule has 0 aromatic heterocycles. The lowest BCUT2D eigenvalue weighted by Crippen LogP contribution is -1.95. The fourth-order valence-corrected chi connectivity index (χ4v) is 4.78. The molecule has 1 aliphatic heterocycles. The van der Waals surface area contributed by atoms with Crippen molar-refractivity contribution in [1.29, 1.82) is 0 Å². The van der Waals surface area contributed by atoms with E-state index in [0.717, 1.165) is 35.8 Å². The van der Waals surface area contributed by atoms with Gasteiger partial charge in [-0.25, -0.2) is 0 Å². The second-order valence-corrected chi connectivity index (χ2v) is 7.33. The Morgan fingerprint density at radius 3 is 1.40 bits per heavy atom. The molecule has 134 valence electrons. The Hall–Kier alpha value is -2.01. The van der Waals surface area contributed by atoms with Gasteiger partial charge in [-0.3, -0.25) is 0 Å². The third kappa shape index (κ3) is 3.66. The van der Waals surface area contributed by atoms with Crippen molar-refractivity contribution in [3.05, 3.63) is 47.5 Å². The third-order valence-corrected chi connectivity index (χ3v) is 6.25. The van der Waals surface area contributed by atoms with Crippen LogP contribution in [0.5, 0.6) is 23.0 Å². The lowest BCUT2D eigenvalue weighted by atomic mass is 10.0. The largest absolute Gasteiger partial charge is 0.493 e. The molecule has 4 nitrogen and oxygen atoms in total. The van der Waals surface area contributed by atoms with Crippen LogP contribution in [0.3, 0.4) is 0 Å². The summed E-state index contributed by atoms with van der Waals surface area (Å²) in [6.45, 7) is 0. The minimum Gasteiger partial charge on any atom is -0.493 e. The van der Waals surface area contributed by atoms with Crippen molar-refractivity contribution < 1.29 is 18.9 Å². The van der Waals surface area contributed by atoms with Crippen molar-refractivity contribution in [2.75, 3.05) is 28.4 Å². The fourth-order valence-electron chi connectivity index (χ4n) is 3.23. The van der Waals surface area contributed by atoms with Gasteiger partial charge in [0.1, 0.15) is 0 Å². The maximum absolute atomic E-state index is 5.44. The van der Waals surface area contributed by atoms with E-state index in [1.165, 1.54) is 11.1 Å². The zero-order valence-corrected chi connectivity index (χ0v) is 15.9. The van der Waals surface area contributed by atoms with Gasteiger partial charge < -0.3 is 18.9 Å². The van der Waals surface area contributed by atoms with Crippen molar-refractivity contribution in [1.82, 2.24) is 0 Å². The second kappa shape index (κ2) is 7.91. The number of hydrogen-bond acceptors (Lipinski definition) is 5. The molecule has 0 bridgehead atoms. The topological polar surface area (TPSA) is 36.9 Å². The SMILES string of the molecule is COc1ccc([C@@H]2CC[C@@H](c3ccc(OC)c(OC)c3)S2)cc1OC. The van der Waals surface area contributed by atoms with Gasteiger partial charge in [-0.15, -0.1) is 11.8 Å². The van der Waals surface area contributed by atoms with Crippen molar-refractivity contribution >= 4 is 11.8 Å². The first kappa shape index (κ1) is 17.8. The first-order valence-corrected chi connectivity index (χ1v) is 9.23. The smallest absolute Gasteiger partial charge is 0.161 e. The molecule has 5 heteroatoms. The molecule has 2 aromatic carbocycles. The molecule has 0 radical (unpaired) electrons. The van der Waals surface area contributed by atoms with Crippen LogP contribution in [0.1, 0.15) is 34.5 Å². The summed E-state index contributed by atoms with van der Waals surface area (Å²) < 4.78 is 21.5. The van der Waals surface area contributed by atoms with E-state index in [1.807, 2.05) is 23.9 Å². The van der Waals surface area contributed by atoms with E-state index in [0.29, 0.717) is 10.5 Å². The zero-order valence-electron chi connectivity index (χ0n) is 15.1. The molecule has 0 aliphatic carbocycles. The van der Waals surface area contributed by atoms with E-state index >= 15 is 0 Å². The van der Waals surface area contributed by atoms with Crippen molar-refractivity contribution in [2.45, 2.75) is 23.3 Å². The first-order chi connectivity index (χ1) is 12.2. The molecule has 1 fully saturated rings. The van der Waals surface area contributed by atoms with Crippen LogP contribution < -0.4 is 18.9 Å². The van der Waals surface area contributed by atoms with Crippen LogP contribution >= 0.6 is 11.8 Å². The Morgan fingerprint density at radius 1 is 0.640 bits per heavy atom. The maximum Gasteiger partial charge on any atom is 0.161 e. The minimum absolute atomic E-state index is 0.456. The van der Waals surface area contributed by atoms with Crippen LogP contribution in [0, 0.1) is 0 Å². The number of benzene rings is 2. The van der Waals surface area contributed by atoms with Crippen LogP contribution in [0.25, 0.3) is 0 Å². The predicted molar refractivity (Wildman–Crippen MR) is 101 cm³/mol. The van der Waals surface area contributed by atoms with Crippen LogP contribution in [0.15, 0.2) is 36.4 Å². The Morgan fingerprint density at radius 2 is 1.04 bits per heavy atom. The van der Waals surface area contributed by atoms with Gasteiger partial charge >= 0.3 is 0 Å². The quantitative estimate of drug-likeness (QED) is 0.722. The van der Waals surface area contributed by atoms with Crippen LogP contribution in [0.4, 0.5) is 0 Å². The number of methoxy groups -OCH3 is 4. The highest BCUT2D eigenvalue weighted by molar-refractivity contribution is 8.00. The number of thioether (sulfide) groups is 1. The van der Waals surface area contributed by atoms with Crippen LogP contribution in [-0.4, -0.2) is 28.4 Å². The number of rotatable bonds is 6. The minimum atomic E-state index is 0.456. The molecule has 2 aromatic rings. The Kier molecular flexibility index (Phi) is 5.63. The van der Waals surface area contributed by atoms with E-state index in [-0.39, 0.29) is 0 Å². The Balaban J connectivity index is 1.78. The van der Waals surface area contributed by atoms with Gasteiger partial charge in [-0.05, 0) is 48.2 Å². The average molecular weight is 360 g/mol. The van der Waals surface area contributed by atoms with Gasteiger partial charge in [0.2, 0.25) is 0 Å². The van der Waals surface area contributed by atoms with Crippen molar-refractivity contribution in [3.8, 4) is 23.0 Å². The number of ether oxygens (including phenoxy) is 4. The summed E-state index contributed by atoms with van der Waals surface area (Å²) in [4.78, 5) is 0. The van der Waals surface area contributed by atoms with Crippen molar-refractivity contribution in [2.24, 2.45) is 0 Å². The highest BCUT2D eigenvalue weighted by atomic mass is 32.2. The second-order valence-electron chi connectivity index (χ2n) is 5.92. The van der Waals surface area contributed by atoms with Gasteiger partial charge in [0, 0.05) is 10.5 Å². The summed E-state index contributed by atoms with van der Waals surface area (Å²) >= 11 is 1.99. The van der Waals surface area contributed by atoms with Crippen LogP contribution in [-0.2, 0) is 0 Å². The summed E-state index contributed by atoms with van der Waals surface area (Å²) in [5.41, 5.74) is 2.57. The molecule has 0 saturated carbocycles. The van der Waals surface area contributed by atoms with Gasteiger partial charge in [0.05, 0.1) is 28.4 Å². The Bertz CT molecular complexity index is 670. The molecule has 0 N–H and O–H groups in total. The van der Waals surface area contributed by atoms with E-state index in [4.69, 9.17) is 18.9 Å². The van der Waals surface area contributed by atoms with Gasteiger partial charge in [-0.1, -0.05) is 12.1 Å². The predicted octanol–water partition coefficient (Wildman–Crippen LogP) is 5.03. The molecular weight excluding hydrogens is 336 g/mol. The normalized spacial score (nSPS) is 19.5. The lowest BCUT2D eigenvalue weighted by Gasteiger charge is -2.16. The molecule has 0 unspecified atom stereocenters. The monoisotopic (exact) mass is 360 g/mol. The molecule has 0 amide bonds. The first-order valence-electron chi connectivity index (χ1n) is 8.29. The average Bonchev–Trinajstić information content (AvgIpc) is 3.17. The number of hydrogen-bond donors (Lipinski definition) is 0. The third-order valence-electron chi connectivity index (χ3n) is 4.58. The molecule has 0 spiro atoms. The summed E-state index contributed by atoms with van der Waals surface area (Å²) in [5, 5.41) is 0.913. The molecule has 1 heterocycles. The van der Waals surface area contributed by atoms with E-state index in [1.54, 1.807) is 28.4 Å². The van der Waals surface area contributed by atoms with Gasteiger partial charge in [0.15, 0.2) is 23.0 Å². The molecule has 2 atom stereocenters. The molecular formula is C20H24O4S. The lowest BCUT2D eigenvalue weighted by molar-refractivity contribution is 0.354. The highest BCUT2D eigenvalue weighted by Gasteiger charge is 2.29. The summed E-state index contributed by atoms with van der Waals surface area (Å²) in [7, 11) is 6.68. The van der Waals surface area contributed by atoms with E-state index in [9.17, 15) is 0 Å². The molecule has 25 heavy (non-hydrogen) atoms. The summed E-state index contributed by atoms with van der Waals surface area (Å²) in [6, 6.07) is 12.4. The zero-order chi connectivity index (χ0) is 17.8. The van der Waals surface area contributed by atoms with Crippen LogP contribution in [0.2, 0.25) is 0 Å². The summed E-state index contributed by atoms with van der Waals surface area (Å²) in [6.07, 6.45) is 2.28.